The summed E-state index contributed by atoms with van der Waals surface area (Å²) in [6, 6.07) is 11.4. The second-order valence-electron chi connectivity index (χ2n) is 7.14. The van der Waals surface area contributed by atoms with Crippen molar-refractivity contribution in [2.75, 3.05) is 24.5 Å². The van der Waals surface area contributed by atoms with E-state index in [0.717, 1.165) is 17.8 Å². The third-order valence-electron chi connectivity index (χ3n) is 4.97. The molecular weight excluding hydrogens is 427 g/mol. The number of anilines is 1. The zero-order chi connectivity index (χ0) is 22.7. The van der Waals surface area contributed by atoms with Crippen LogP contribution in [-0.2, 0) is 22.2 Å². The highest BCUT2D eigenvalue weighted by Crippen LogP contribution is 2.30. The molecule has 4 rings (SSSR count). The third kappa shape index (κ3) is 4.76. The monoisotopic (exact) mass is 445 g/mol. The molecule has 0 radical (unpaired) electrons. The van der Waals surface area contributed by atoms with Crippen LogP contribution in [0.4, 0.5) is 18.9 Å². The highest BCUT2D eigenvalue weighted by molar-refractivity contribution is 5.97. The van der Waals surface area contributed by atoms with E-state index < -0.39 is 17.8 Å². The summed E-state index contributed by atoms with van der Waals surface area (Å²) in [4.78, 5) is 35.2. The van der Waals surface area contributed by atoms with E-state index in [0.29, 0.717) is 11.7 Å². The minimum absolute atomic E-state index is 0.0666. The summed E-state index contributed by atoms with van der Waals surface area (Å²) in [6.45, 7) is 0.0690. The molecular formula is C21H18F3N5O3. The summed E-state index contributed by atoms with van der Waals surface area (Å²) in [5.74, 6) is -0.0118. The Kier molecular flexibility index (Phi) is 5.89. The SMILES string of the molecule is O=C(CCc1nc(-c2ccccc2)no1)N1CCN(c2ccnc(C(F)(F)F)c2)C(=O)C1. The van der Waals surface area contributed by atoms with E-state index in [4.69, 9.17) is 4.52 Å². The van der Waals surface area contributed by atoms with Crippen LogP contribution >= 0.6 is 0 Å². The molecule has 11 heteroatoms. The Balaban J connectivity index is 1.33. The van der Waals surface area contributed by atoms with Gasteiger partial charge in [-0.2, -0.15) is 18.2 Å². The molecule has 1 aliphatic heterocycles. The van der Waals surface area contributed by atoms with Gasteiger partial charge in [0.2, 0.25) is 23.5 Å². The Labute approximate surface area is 180 Å². The number of alkyl halides is 3. The molecule has 0 spiro atoms. The predicted molar refractivity (Wildman–Crippen MR) is 106 cm³/mol. The highest BCUT2D eigenvalue weighted by Gasteiger charge is 2.34. The fourth-order valence-corrected chi connectivity index (χ4v) is 3.33. The maximum absolute atomic E-state index is 12.9. The number of carbonyl (C=O) groups excluding carboxylic acids is 2. The van der Waals surface area contributed by atoms with E-state index in [1.54, 1.807) is 0 Å². The summed E-state index contributed by atoms with van der Waals surface area (Å²) in [6.07, 6.45) is -3.31. The fraction of sp³-hybridized carbons (Fsp3) is 0.286. The number of piperazine rings is 1. The average Bonchev–Trinajstić information content (AvgIpc) is 3.26. The molecule has 1 aromatic carbocycles. The molecule has 0 atom stereocenters. The number of nitrogens with zero attached hydrogens (tertiary/aromatic N) is 5. The normalized spacial score (nSPS) is 14.7. The zero-order valence-electron chi connectivity index (χ0n) is 16.7. The Morgan fingerprint density at radius 1 is 1.12 bits per heavy atom. The quantitative estimate of drug-likeness (QED) is 0.600. The lowest BCUT2D eigenvalue weighted by Gasteiger charge is -2.34. The van der Waals surface area contributed by atoms with Gasteiger partial charge in [-0.1, -0.05) is 35.5 Å². The van der Waals surface area contributed by atoms with E-state index in [9.17, 15) is 22.8 Å². The number of aryl methyl sites for hydroxylation is 1. The Morgan fingerprint density at radius 3 is 2.62 bits per heavy atom. The van der Waals surface area contributed by atoms with Crippen molar-refractivity contribution >= 4 is 17.5 Å². The first-order valence-corrected chi connectivity index (χ1v) is 9.80. The molecule has 3 aromatic rings. The van der Waals surface area contributed by atoms with Crippen LogP contribution < -0.4 is 4.90 Å². The Hall–Kier alpha value is -3.76. The summed E-state index contributed by atoms with van der Waals surface area (Å²) >= 11 is 0. The van der Waals surface area contributed by atoms with Crippen molar-refractivity contribution in [1.82, 2.24) is 20.0 Å². The van der Waals surface area contributed by atoms with Crippen LogP contribution in [0.1, 0.15) is 18.0 Å². The van der Waals surface area contributed by atoms with Crippen LogP contribution in [0.5, 0.6) is 0 Å². The van der Waals surface area contributed by atoms with E-state index in [-0.39, 0.29) is 44.1 Å². The second-order valence-corrected chi connectivity index (χ2v) is 7.14. The molecule has 166 valence electrons. The number of rotatable bonds is 5. The van der Waals surface area contributed by atoms with Crippen molar-refractivity contribution in [1.29, 1.82) is 0 Å². The second kappa shape index (κ2) is 8.77. The van der Waals surface area contributed by atoms with Gasteiger partial charge in [-0.05, 0) is 12.1 Å². The largest absolute Gasteiger partial charge is 0.433 e. The van der Waals surface area contributed by atoms with Crippen LogP contribution in [0.2, 0.25) is 0 Å². The maximum atomic E-state index is 12.9. The number of halogens is 3. The van der Waals surface area contributed by atoms with Gasteiger partial charge in [-0.25, -0.2) is 0 Å². The number of amides is 2. The Bertz CT molecular complexity index is 1120. The van der Waals surface area contributed by atoms with Gasteiger partial charge in [0.15, 0.2) is 0 Å². The summed E-state index contributed by atoms with van der Waals surface area (Å²) in [5, 5.41) is 3.90. The van der Waals surface area contributed by atoms with Crippen molar-refractivity contribution in [3.8, 4) is 11.4 Å². The van der Waals surface area contributed by atoms with Crippen LogP contribution in [0, 0.1) is 0 Å². The van der Waals surface area contributed by atoms with Gasteiger partial charge < -0.3 is 14.3 Å². The first kappa shape index (κ1) is 21.5. The molecule has 0 N–H and O–H groups in total. The molecule has 1 aliphatic rings. The molecule has 0 bridgehead atoms. The van der Waals surface area contributed by atoms with Crippen molar-refractivity contribution in [3.05, 3.63) is 60.2 Å². The van der Waals surface area contributed by atoms with Crippen molar-refractivity contribution < 1.29 is 27.3 Å². The smallest absolute Gasteiger partial charge is 0.339 e. The summed E-state index contributed by atoms with van der Waals surface area (Å²) in [7, 11) is 0. The molecule has 32 heavy (non-hydrogen) atoms. The average molecular weight is 445 g/mol. The molecule has 1 fully saturated rings. The third-order valence-corrected chi connectivity index (χ3v) is 4.97. The first-order valence-electron chi connectivity index (χ1n) is 9.80. The maximum Gasteiger partial charge on any atom is 0.433 e. The number of hydrogen-bond donors (Lipinski definition) is 0. The van der Waals surface area contributed by atoms with E-state index >= 15 is 0 Å². The van der Waals surface area contributed by atoms with Crippen molar-refractivity contribution in [2.45, 2.75) is 19.0 Å². The van der Waals surface area contributed by atoms with Crippen molar-refractivity contribution in [3.63, 3.8) is 0 Å². The predicted octanol–water partition coefficient (Wildman–Crippen LogP) is 2.96. The molecule has 2 aromatic heterocycles. The van der Waals surface area contributed by atoms with Gasteiger partial charge in [0.1, 0.15) is 12.2 Å². The summed E-state index contributed by atoms with van der Waals surface area (Å²) in [5.41, 5.74) is -0.181. The van der Waals surface area contributed by atoms with E-state index in [1.165, 1.54) is 15.9 Å². The van der Waals surface area contributed by atoms with Crippen LogP contribution in [0.3, 0.4) is 0 Å². The van der Waals surface area contributed by atoms with E-state index in [1.807, 2.05) is 30.3 Å². The Morgan fingerprint density at radius 2 is 1.91 bits per heavy atom. The van der Waals surface area contributed by atoms with Crippen LogP contribution in [0.25, 0.3) is 11.4 Å². The number of hydrogen-bond acceptors (Lipinski definition) is 6. The highest BCUT2D eigenvalue weighted by atomic mass is 19.4. The first-order chi connectivity index (χ1) is 15.3. The molecule has 0 saturated carbocycles. The van der Waals surface area contributed by atoms with Crippen LogP contribution in [-0.4, -0.2) is 51.5 Å². The lowest BCUT2D eigenvalue weighted by Crippen LogP contribution is -2.52. The zero-order valence-corrected chi connectivity index (χ0v) is 16.7. The molecule has 0 aliphatic carbocycles. The molecule has 3 heterocycles. The van der Waals surface area contributed by atoms with Gasteiger partial charge >= 0.3 is 6.18 Å². The molecule has 2 amide bonds. The fourth-order valence-electron chi connectivity index (χ4n) is 3.33. The van der Waals surface area contributed by atoms with Gasteiger partial charge in [-0.3, -0.25) is 14.6 Å². The van der Waals surface area contributed by atoms with Crippen molar-refractivity contribution in [2.24, 2.45) is 0 Å². The van der Waals surface area contributed by atoms with Gasteiger partial charge in [0.05, 0.1) is 0 Å². The van der Waals surface area contributed by atoms with Gasteiger partial charge in [0.25, 0.3) is 0 Å². The number of aromatic nitrogens is 3. The summed E-state index contributed by atoms with van der Waals surface area (Å²) < 4.78 is 43.8. The van der Waals surface area contributed by atoms with E-state index in [2.05, 4.69) is 15.1 Å². The minimum atomic E-state index is -4.61. The lowest BCUT2D eigenvalue weighted by atomic mass is 10.2. The number of carbonyl (C=O) groups is 2. The number of pyridine rings is 1. The lowest BCUT2D eigenvalue weighted by molar-refractivity contribution is -0.141. The topological polar surface area (TPSA) is 92.4 Å². The molecule has 8 nitrogen and oxygen atoms in total. The molecule has 1 saturated heterocycles. The minimum Gasteiger partial charge on any atom is -0.339 e. The van der Waals surface area contributed by atoms with Gasteiger partial charge in [0, 0.05) is 43.4 Å². The number of benzene rings is 1. The molecule has 0 unspecified atom stereocenters. The standard InChI is InChI=1S/C21H18F3N5O3/c22-21(23,24)16-12-15(8-9-25-16)29-11-10-28(13-19(29)31)18(30)7-6-17-26-20(27-32-17)14-4-2-1-3-5-14/h1-5,8-9,12H,6-7,10-11,13H2. The van der Waals surface area contributed by atoms with Crippen LogP contribution in [0.15, 0.2) is 53.2 Å². The van der Waals surface area contributed by atoms with Gasteiger partial charge in [-0.15, -0.1) is 0 Å².